The summed E-state index contributed by atoms with van der Waals surface area (Å²) in [6.07, 6.45) is 6.87. The lowest BCUT2D eigenvalue weighted by atomic mass is 9.48. The predicted molar refractivity (Wildman–Crippen MR) is 130 cm³/mol. The van der Waals surface area contributed by atoms with Crippen molar-refractivity contribution in [2.24, 2.45) is 17.3 Å². The van der Waals surface area contributed by atoms with Crippen LogP contribution in [0.15, 0.2) is 30.3 Å². The van der Waals surface area contributed by atoms with E-state index in [1.165, 1.54) is 0 Å². The Kier molecular flexibility index (Phi) is 5.63. The van der Waals surface area contributed by atoms with E-state index in [0.717, 1.165) is 63.6 Å². The first-order valence-electron chi connectivity index (χ1n) is 12.1. The Morgan fingerprint density at radius 3 is 2.22 bits per heavy atom. The van der Waals surface area contributed by atoms with E-state index in [-0.39, 0.29) is 11.9 Å². The topological polar surface area (TPSA) is 64.6 Å². The van der Waals surface area contributed by atoms with Crippen molar-refractivity contribution >= 4 is 34.5 Å². The molecule has 1 heterocycles. The van der Waals surface area contributed by atoms with Gasteiger partial charge in [0.15, 0.2) is 0 Å². The van der Waals surface area contributed by atoms with Crippen LogP contribution in [0.25, 0.3) is 0 Å². The summed E-state index contributed by atoms with van der Waals surface area (Å²) in [6.45, 7) is 5.46. The zero-order chi connectivity index (χ0) is 22.6. The number of esters is 2. The van der Waals surface area contributed by atoms with E-state index in [4.69, 9.17) is 9.47 Å². The highest BCUT2D eigenvalue weighted by Gasteiger charge is 2.64. The number of rotatable bonds is 5. The molecule has 1 N–H and O–H groups in total. The third-order valence-electron chi connectivity index (χ3n) is 8.23. The van der Waals surface area contributed by atoms with Crippen LogP contribution in [0.2, 0.25) is 0 Å². The van der Waals surface area contributed by atoms with Crippen molar-refractivity contribution in [3.8, 4) is 0 Å². The molecular weight excluding hydrogens is 517 g/mol. The average Bonchev–Trinajstić information content (AvgIpc) is 2.73. The normalized spacial score (nSPS) is 35.3. The lowest BCUT2D eigenvalue weighted by Crippen LogP contribution is -2.61. The SMILES string of the molecule is CC(C)(I)C(=O)OC12CC3CC(C1)CC(C(=O)OC1(c4ccccc4)CCNCC1)(C3)C2. The largest absolute Gasteiger partial charge is 0.458 e. The molecule has 4 bridgehead atoms. The first-order valence-corrected chi connectivity index (χ1v) is 13.1. The predicted octanol–water partition coefficient (Wildman–Crippen LogP) is 4.90. The quantitative estimate of drug-likeness (QED) is 0.321. The van der Waals surface area contributed by atoms with Crippen molar-refractivity contribution in [3.63, 3.8) is 0 Å². The second kappa shape index (κ2) is 7.97. The van der Waals surface area contributed by atoms with Gasteiger partial charge in [-0.05, 0) is 76.4 Å². The minimum absolute atomic E-state index is 0.0634. The molecule has 0 radical (unpaired) electrons. The summed E-state index contributed by atoms with van der Waals surface area (Å²) in [6, 6.07) is 10.2. The molecule has 4 aliphatic carbocycles. The molecule has 5 aliphatic rings. The van der Waals surface area contributed by atoms with E-state index < -0.39 is 20.0 Å². The molecule has 2 unspecified atom stereocenters. The summed E-state index contributed by atoms with van der Waals surface area (Å²) in [4.78, 5) is 26.8. The molecule has 1 aliphatic heterocycles. The van der Waals surface area contributed by atoms with Crippen LogP contribution in [0, 0.1) is 17.3 Å². The number of carbonyl (C=O) groups excluding carboxylic acids is 2. The van der Waals surface area contributed by atoms with Crippen molar-refractivity contribution in [1.29, 1.82) is 0 Å². The van der Waals surface area contributed by atoms with Crippen molar-refractivity contribution in [2.75, 3.05) is 13.1 Å². The van der Waals surface area contributed by atoms with E-state index in [9.17, 15) is 9.59 Å². The van der Waals surface area contributed by atoms with Crippen LogP contribution in [0.3, 0.4) is 0 Å². The number of piperidine rings is 1. The van der Waals surface area contributed by atoms with Gasteiger partial charge in [0, 0.05) is 19.3 Å². The van der Waals surface area contributed by atoms with Gasteiger partial charge in [-0.3, -0.25) is 9.59 Å². The molecule has 6 rings (SSSR count). The monoisotopic (exact) mass is 551 g/mol. The average molecular weight is 551 g/mol. The van der Waals surface area contributed by atoms with E-state index in [2.05, 4.69) is 40.0 Å². The Labute approximate surface area is 204 Å². The molecule has 1 aromatic carbocycles. The molecule has 6 heteroatoms. The van der Waals surface area contributed by atoms with Gasteiger partial charge in [0.2, 0.25) is 0 Å². The van der Waals surface area contributed by atoms with Crippen molar-refractivity contribution in [3.05, 3.63) is 35.9 Å². The summed E-state index contributed by atoms with van der Waals surface area (Å²) in [5.41, 5.74) is -0.503. The Bertz CT molecular complexity index is 873. The lowest BCUT2D eigenvalue weighted by Gasteiger charge is -2.60. The maximum atomic E-state index is 14.0. The zero-order valence-electron chi connectivity index (χ0n) is 19.1. The lowest BCUT2D eigenvalue weighted by molar-refractivity contribution is -0.221. The van der Waals surface area contributed by atoms with Gasteiger partial charge in [0.25, 0.3) is 0 Å². The fraction of sp³-hybridized carbons (Fsp3) is 0.692. The summed E-state index contributed by atoms with van der Waals surface area (Å²) in [7, 11) is 0. The third-order valence-corrected chi connectivity index (χ3v) is 8.67. The van der Waals surface area contributed by atoms with Crippen molar-refractivity contribution < 1.29 is 19.1 Å². The van der Waals surface area contributed by atoms with E-state index in [1.54, 1.807) is 0 Å². The summed E-state index contributed by atoms with van der Waals surface area (Å²) < 4.78 is 12.2. The molecule has 5 nitrogen and oxygen atoms in total. The van der Waals surface area contributed by atoms with Crippen LogP contribution >= 0.6 is 22.6 Å². The van der Waals surface area contributed by atoms with Gasteiger partial charge >= 0.3 is 11.9 Å². The molecule has 2 atom stereocenters. The molecule has 0 amide bonds. The minimum atomic E-state index is -0.568. The van der Waals surface area contributed by atoms with Gasteiger partial charge in [0.05, 0.1) is 5.41 Å². The summed E-state index contributed by atoms with van der Waals surface area (Å²) in [5.74, 6) is 0.651. The molecule has 32 heavy (non-hydrogen) atoms. The molecule has 1 saturated heterocycles. The Balaban J connectivity index is 1.42. The highest BCUT2D eigenvalue weighted by Crippen LogP contribution is 2.64. The standard InChI is InChI=1S/C26H34INO4/c1-23(2,27)21(29)31-25-15-18-12-19(16-25)14-24(13-18,17-25)22(30)32-26(8-10-28-11-9-26)20-6-4-3-5-7-20/h3-7,18-19,28H,8-17H2,1-2H3. The number of alkyl halides is 1. The molecule has 1 aromatic rings. The van der Waals surface area contributed by atoms with Gasteiger partial charge in [-0.15, -0.1) is 0 Å². The number of hydrogen-bond donors (Lipinski definition) is 1. The van der Waals surface area contributed by atoms with Gasteiger partial charge < -0.3 is 14.8 Å². The molecule has 5 fully saturated rings. The first kappa shape index (κ1) is 22.6. The Morgan fingerprint density at radius 1 is 1.00 bits per heavy atom. The molecule has 4 saturated carbocycles. The Morgan fingerprint density at radius 2 is 1.62 bits per heavy atom. The molecule has 0 spiro atoms. The maximum Gasteiger partial charge on any atom is 0.322 e. The third kappa shape index (κ3) is 3.99. The smallest absolute Gasteiger partial charge is 0.322 e. The van der Waals surface area contributed by atoms with Crippen molar-refractivity contribution in [2.45, 2.75) is 79.8 Å². The fourth-order valence-electron chi connectivity index (χ4n) is 7.16. The van der Waals surface area contributed by atoms with E-state index >= 15 is 0 Å². The number of halogens is 1. The number of ether oxygens (including phenoxy) is 2. The van der Waals surface area contributed by atoms with E-state index in [0.29, 0.717) is 18.3 Å². The number of carbonyl (C=O) groups is 2. The van der Waals surface area contributed by atoms with E-state index in [1.807, 2.05) is 32.0 Å². The zero-order valence-corrected chi connectivity index (χ0v) is 21.3. The number of hydrogen-bond acceptors (Lipinski definition) is 5. The first-order chi connectivity index (χ1) is 15.1. The van der Waals surface area contributed by atoms with Gasteiger partial charge in [-0.1, -0.05) is 52.9 Å². The second-order valence-corrected chi connectivity index (χ2v) is 14.0. The van der Waals surface area contributed by atoms with Gasteiger partial charge in [0.1, 0.15) is 14.6 Å². The van der Waals surface area contributed by atoms with Gasteiger partial charge in [-0.2, -0.15) is 0 Å². The van der Waals surface area contributed by atoms with Crippen LogP contribution in [0.1, 0.15) is 70.8 Å². The summed E-state index contributed by atoms with van der Waals surface area (Å²) in [5, 5.41) is 3.41. The Hall–Kier alpha value is -1.15. The highest BCUT2D eigenvalue weighted by atomic mass is 127. The molecule has 0 aromatic heterocycles. The number of benzene rings is 1. The fourth-order valence-corrected chi connectivity index (χ4v) is 7.27. The minimum Gasteiger partial charge on any atom is -0.458 e. The highest BCUT2D eigenvalue weighted by molar-refractivity contribution is 14.1. The van der Waals surface area contributed by atoms with Crippen LogP contribution in [-0.2, 0) is 24.7 Å². The molecular formula is C26H34INO4. The van der Waals surface area contributed by atoms with Crippen molar-refractivity contribution in [1.82, 2.24) is 5.32 Å². The maximum absolute atomic E-state index is 14.0. The second-order valence-electron chi connectivity index (χ2n) is 11.3. The van der Waals surface area contributed by atoms with Crippen LogP contribution in [0.4, 0.5) is 0 Å². The van der Waals surface area contributed by atoms with Crippen LogP contribution in [-0.4, -0.2) is 34.1 Å². The molecule has 174 valence electrons. The van der Waals surface area contributed by atoms with Crippen LogP contribution in [0.5, 0.6) is 0 Å². The number of nitrogens with one attached hydrogen (secondary N) is 1. The van der Waals surface area contributed by atoms with Gasteiger partial charge in [-0.25, -0.2) is 0 Å². The van der Waals surface area contributed by atoms with Crippen LogP contribution < -0.4 is 5.32 Å². The summed E-state index contributed by atoms with van der Waals surface area (Å²) >= 11 is 2.15.